The molecular formula is C88H142O42. The molecule has 11 fully saturated rings. The minimum atomic E-state index is -2.26. The Morgan fingerprint density at radius 3 is 1.65 bits per heavy atom. The van der Waals surface area contributed by atoms with Crippen LogP contribution in [0.5, 0.6) is 0 Å². The molecule has 7 saturated heterocycles. The van der Waals surface area contributed by atoms with Crippen LogP contribution in [-0.2, 0) is 99.8 Å². The van der Waals surface area contributed by atoms with E-state index in [9.17, 15) is 126 Å². The second kappa shape index (κ2) is 41.6. The van der Waals surface area contributed by atoms with Gasteiger partial charge in [0.2, 0.25) is 6.29 Å². The third kappa shape index (κ3) is 20.2. The maximum absolute atomic E-state index is 16.3. The number of allylic oxidation sites excluding steroid dienone is 2. The smallest absolute Gasteiger partial charge is 0.335 e. The fourth-order valence-corrected chi connectivity index (χ4v) is 23.1. The van der Waals surface area contributed by atoms with Crippen LogP contribution in [0.1, 0.15) is 186 Å². The summed E-state index contributed by atoms with van der Waals surface area (Å²) in [5.74, 6) is -7.06. The average Bonchev–Trinajstić information content (AvgIpc) is 0.701. The lowest BCUT2D eigenvalue weighted by molar-refractivity contribution is -0.394. The fraction of sp³-hybridized carbons (Fsp3) is 0.920. The molecule has 6 unspecified atom stereocenters. The highest BCUT2D eigenvalue weighted by Gasteiger charge is 2.74. The van der Waals surface area contributed by atoms with Crippen molar-refractivity contribution in [1.82, 2.24) is 0 Å². The number of ether oxygens (including phenoxy) is 16. The van der Waals surface area contributed by atoms with Crippen molar-refractivity contribution in [1.29, 1.82) is 0 Å². The molecule has 0 radical (unpaired) electrons. The second-order valence-electron chi connectivity index (χ2n) is 40.5. The van der Waals surface area contributed by atoms with E-state index >= 15 is 4.79 Å². The molecule has 7 aliphatic heterocycles. The van der Waals surface area contributed by atoms with Crippen LogP contribution in [0.3, 0.4) is 0 Å². The number of fused-ring (bicyclic) bond motifs is 7. The number of carbonyl (C=O) groups excluding carboxylic acids is 4. The predicted molar refractivity (Wildman–Crippen MR) is 436 cm³/mol. The van der Waals surface area contributed by atoms with E-state index in [4.69, 9.17) is 75.8 Å². The standard InChI is InChI=1S/C88H142O42/c1-14-34(3)44(119-52(96)26-40(93)25-45(35(4)15-2)120-78-62(106)57(101)47(31-90)121-78)24-39(92)27-53(97)124-69-38(7)118-80(72(66(69)110)128-77-65(109)60(104)68(37(6)117-77)125-75-61(105)55(99)43(94)32-115-75)130-82(114)88-23-22-83(8,9)28-42(88)41-16-17-49-84(10)20-19-51(85(11,33-91)48(84)18-21-86(49,12)87(41,13)29-50(88)95)123-81-73(129-79-64(108)59(103)56(100)46(30-89)122-79)70(67(111)71(127-81)74(112)113)126-76-63(107)58(102)54(98)36(5)116-76/h16,33-40,42-51,54-73,75-81,89-90,92-95,98-111H,14-15,17-32H2,1-13H3,(H,112,113)/t34?,35?,36-,37-,38-,39?,40?,42-,43+,44?,45?,46+,47-,48+,49+,50+,51-,54-,55-,56-,57-,58+,59-,60-,61+,62+,63+,64+,65+,66+,67-,68-,69+,70-,71-,72-,73+,75-,76-,77-,78+,79-,80+,81+,84-,85-,86+,87+,88+/m0/s1. The van der Waals surface area contributed by atoms with Gasteiger partial charge in [-0.25, -0.2) is 4.79 Å². The molecule has 746 valence electrons. The van der Waals surface area contributed by atoms with Crippen molar-refractivity contribution in [2.24, 2.45) is 62.1 Å². The molecule has 130 heavy (non-hydrogen) atoms. The summed E-state index contributed by atoms with van der Waals surface area (Å²) in [4.78, 5) is 71.8. The number of hydrogen-bond donors (Lipinski definition) is 21. The molecule has 12 rings (SSSR count). The first-order valence-electron chi connectivity index (χ1n) is 45.9. The number of aliphatic carboxylic acids is 1. The summed E-state index contributed by atoms with van der Waals surface area (Å²) in [6.07, 6.45) is -62.7. The predicted octanol–water partition coefficient (Wildman–Crippen LogP) is -3.76. The van der Waals surface area contributed by atoms with Crippen LogP contribution < -0.4 is 0 Å². The number of esters is 3. The van der Waals surface area contributed by atoms with Crippen LogP contribution in [0.15, 0.2) is 11.6 Å². The van der Waals surface area contributed by atoms with E-state index in [0.717, 1.165) is 11.9 Å². The van der Waals surface area contributed by atoms with Gasteiger partial charge in [-0.05, 0) is 130 Å². The number of aliphatic hydroxyl groups is 20. The van der Waals surface area contributed by atoms with Gasteiger partial charge in [-0.2, -0.15) is 0 Å². The van der Waals surface area contributed by atoms with Gasteiger partial charge in [0, 0.05) is 12.8 Å². The highest BCUT2D eigenvalue weighted by Crippen LogP contribution is 2.76. The molecule has 0 aromatic carbocycles. The molecule has 21 N–H and O–H groups in total. The number of hydrogen-bond acceptors (Lipinski definition) is 41. The maximum Gasteiger partial charge on any atom is 0.335 e. The molecule has 0 aromatic heterocycles. The zero-order chi connectivity index (χ0) is 95.7. The van der Waals surface area contributed by atoms with Gasteiger partial charge in [-0.15, -0.1) is 0 Å². The van der Waals surface area contributed by atoms with Gasteiger partial charge in [-0.1, -0.05) is 93.7 Å². The number of carbonyl (C=O) groups is 5. The average molecular weight is 1870 g/mol. The van der Waals surface area contributed by atoms with Crippen LogP contribution in [-0.4, -0.2) is 397 Å². The first-order chi connectivity index (χ1) is 60.9. The first kappa shape index (κ1) is 105. The van der Waals surface area contributed by atoms with Crippen molar-refractivity contribution in [3.05, 3.63) is 11.6 Å². The fourth-order valence-electron chi connectivity index (χ4n) is 23.1. The van der Waals surface area contributed by atoms with E-state index in [1.54, 1.807) is 20.8 Å². The van der Waals surface area contributed by atoms with Gasteiger partial charge in [-0.3, -0.25) is 14.4 Å². The minimum absolute atomic E-state index is 0.0346. The van der Waals surface area contributed by atoms with Crippen molar-refractivity contribution < 1.29 is 207 Å². The van der Waals surface area contributed by atoms with E-state index in [1.807, 2.05) is 27.7 Å². The highest BCUT2D eigenvalue weighted by atomic mass is 16.8. The van der Waals surface area contributed by atoms with Crippen molar-refractivity contribution >= 4 is 30.2 Å². The summed E-state index contributed by atoms with van der Waals surface area (Å²) in [5.41, 5.74) is -5.36. The Morgan fingerprint density at radius 1 is 0.500 bits per heavy atom. The van der Waals surface area contributed by atoms with Crippen LogP contribution in [0.25, 0.3) is 0 Å². The van der Waals surface area contributed by atoms with E-state index in [-0.39, 0.29) is 43.9 Å². The molecule has 0 aromatic rings. The molecule has 0 amide bonds. The lowest BCUT2D eigenvalue weighted by Crippen LogP contribution is -2.69. The van der Waals surface area contributed by atoms with Crippen molar-refractivity contribution in [3.8, 4) is 0 Å². The molecular weight excluding hydrogens is 1730 g/mol. The largest absolute Gasteiger partial charge is 0.479 e. The zero-order valence-electron chi connectivity index (χ0n) is 75.8. The Kier molecular flexibility index (Phi) is 33.5. The number of carboxylic acids is 1. The normalized spacial score (nSPS) is 48.7. The van der Waals surface area contributed by atoms with Gasteiger partial charge < -0.3 is 188 Å². The van der Waals surface area contributed by atoms with E-state index in [2.05, 4.69) is 26.8 Å². The summed E-state index contributed by atoms with van der Waals surface area (Å²) < 4.78 is 97.0. The summed E-state index contributed by atoms with van der Waals surface area (Å²) in [6.45, 7) is 21.4. The monoisotopic (exact) mass is 1870 g/mol. The Hall–Kier alpha value is -4.03. The molecule has 7 heterocycles. The van der Waals surface area contributed by atoms with Crippen molar-refractivity contribution in [3.63, 3.8) is 0 Å². The van der Waals surface area contributed by atoms with Crippen molar-refractivity contribution in [2.75, 3.05) is 19.8 Å². The third-order valence-electron chi connectivity index (χ3n) is 31.8. The molecule has 42 heteroatoms. The Labute approximate surface area is 753 Å². The van der Waals surface area contributed by atoms with E-state index in [1.165, 1.54) is 20.8 Å². The summed E-state index contributed by atoms with van der Waals surface area (Å²) >= 11 is 0. The van der Waals surface area contributed by atoms with Crippen LogP contribution in [0.2, 0.25) is 0 Å². The number of rotatable bonds is 32. The molecule has 0 bridgehead atoms. The minimum Gasteiger partial charge on any atom is -0.479 e. The summed E-state index contributed by atoms with van der Waals surface area (Å²) in [6, 6.07) is 0. The highest BCUT2D eigenvalue weighted by molar-refractivity contribution is 5.80. The SMILES string of the molecule is CCC(C)C(CC(O)CC(=O)O[C@H]1[C@@H](O)[C@H](O[C@@H]2O[C@@H](C)[C@H](O[C@@H]3OC[C@@H](O)[C@H](O)[C@H]3O)[C@@H](O)[C@H]2O)[C@@H](OC(=O)[C@]23CCC(C)(C)C[C@H]2C2=CC[C@@H]4[C@@]5(C)CC[C@H](O[C@@H]6O[C@H](C(=O)O)[C@@H](O)[C@H](O[C@@H]7O[C@@H](C)[C@H](O)[C@@H](O)[C@H]7O)[C@H]6O[C@@H]6O[C@H](CO)[C@H](O)[C@H](O)[C@H]6O)[C@@](C)(C=O)[C@@H]5CC[C@@]4(C)[C@]2(C)C[C@H]3O)O[C@H]1C)OC(=O)CC(O)CC(O[C@@H]1O[C@@H](CO)[C@H](O)[C@H]1O)C(C)CC. The van der Waals surface area contributed by atoms with Gasteiger partial charge >= 0.3 is 23.9 Å². The van der Waals surface area contributed by atoms with Gasteiger partial charge in [0.15, 0.2) is 56.1 Å². The summed E-state index contributed by atoms with van der Waals surface area (Å²) in [5, 5.41) is 234. The molecule has 42 nitrogen and oxygen atoms in total. The molecule has 49 atom stereocenters. The number of aldehydes is 1. The van der Waals surface area contributed by atoms with E-state index in [0.29, 0.717) is 51.4 Å². The zero-order valence-corrected chi connectivity index (χ0v) is 75.8. The molecule has 4 saturated carbocycles. The first-order valence-corrected chi connectivity index (χ1v) is 45.9. The van der Waals surface area contributed by atoms with Gasteiger partial charge in [0.1, 0.15) is 140 Å². The molecule has 12 aliphatic rings. The van der Waals surface area contributed by atoms with Gasteiger partial charge in [0.25, 0.3) is 0 Å². The molecule has 0 spiro atoms. The lowest BCUT2D eigenvalue weighted by Gasteiger charge is -2.71. The van der Waals surface area contributed by atoms with Crippen LogP contribution >= 0.6 is 0 Å². The maximum atomic E-state index is 16.3. The Bertz CT molecular complexity index is 3830. The Balaban J connectivity index is 0.787. The molecule has 5 aliphatic carbocycles. The van der Waals surface area contributed by atoms with Crippen LogP contribution in [0.4, 0.5) is 0 Å². The quantitative estimate of drug-likeness (QED) is 0.0101. The third-order valence-corrected chi connectivity index (χ3v) is 31.8. The van der Waals surface area contributed by atoms with E-state index < -0.39 is 346 Å². The summed E-state index contributed by atoms with van der Waals surface area (Å²) in [7, 11) is 0. The lowest BCUT2D eigenvalue weighted by atomic mass is 9.33. The van der Waals surface area contributed by atoms with Crippen LogP contribution in [0, 0.1) is 62.1 Å². The topological polar surface area (TPSA) is 658 Å². The van der Waals surface area contributed by atoms with Gasteiger partial charge in [0.05, 0.1) is 86.9 Å². The second-order valence-corrected chi connectivity index (χ2v) is 40.5. The number of aliphatic hydroxyl groups excluding tert-OH is 20. The number of carboxylic acid groups (broad SMARTS) is 1. The Morgan fingerprint density at radius 2 is 1.03 bits per heavy atom. The van der Waals surface area contributed by atoms with Crippen molar-refractivity contribution in [2.45, 2.75) is 426 Å².